The van der Waals surface area contributed by atoms with Crippen molar-refractivity contribution in [3.63, 3.8) is 0 Å². The lowest BCUT2D eigenvalue weighted by Crippen LogP contribution is -2.37. The second-order valence-electron chi connectivity index (χ2n) is 5.37. The van der Waals surface area contributed by atoms with E-state index in [1.54, 1.807) is 0 Å². The standard InChI is InChI=1S/C10H20BO7P/c1-5(12)19(15,16)18-10(2,3)4-6-7(13)8(14)9(11)17-6/h5-9,12-14H,4H2,1-3H3,(H,15,16)/t5?,6-,7?,8+,9-/m1/s1. The summed E-state index contributed by atoms with van der Waals surface area (Å²) in [5, 5.41) is 28.3. The first kappa shape index (κ1) is 17.1. The molecule has 0 spiro atoms. The zero-order valence-electron chi connectivity index (χ0n) is 11.1. The summed E-state index contributed by atoms with van der Waals surface area (Å²) in [4.78, 5) is 9.48. The van der Waals surface area contributed by atoms with Crippen molar-refractivity contribution < 1.29 is 34.0 Å². The van der Waals surface area contributed by atoms with Gasteiger partial charge >= 0.3 is 7.60 Å². The average molecular weight is 294 g/mol. The Bertz CT molecular complexity index is 362. The Morgan fingerprint density at radius 3 is 2.32 bits per heavy atom. The summed E-state index contributed by atoms with van der Waals surface area (Å²) in [5.74, 6) is -1.52. The van der Waals surface area contributed by atoms with Gasteiger partial charge in [-0.15, -0.1) is 0 Å². The number of hydrogen-bond donors (Lipinski definition) is 4. The Labute approximate surface area is 113 Å². The number of aliphatic hydroxyl groups is 3. The first-order valence-corrected chi connectivity index (χ1v) is 7.59. The molecule has 4 N–H and O–H groups in total. The normalized spacial score (nSPS) is 37.0. The van der Waals surface area contributed by atoms with Crippen LogP contribution >= 0.6 is 7.60 Å². The van der Waals surface area contributed by atoms with Crippen molar-refractivity contribution in [2.45, 2.75) is 63.0 Å². The lowest BCUT2D eigenvalue weighted by atomic mass is 9.91. The van der Waals surface area contributed by atoms with Crippen molar-refractivity contribution in [2.24, 2.45) is 0 Å². The van der Waals surface area contributed by atoms with E-state index in [4.69, 9.17) is 22.2 Å². The van der Waals surface area contributed by atoms with Crippen molar-refractivity contribution in [1.29, 1.82) is 0 Å². The SMILES string of the molecule is [B][C@@H]1O[C@H](CC(C)(C)OP(=O)(O)C(C)O)C(O)[C@@H]1O. The fourth-order valence-corrected chi connectivity index (χ4v) is 2.83. The molecule has 1 heterocycles. The third-order valence-corrected chi connectivity index (χ3v) is 4.64. The van der Waals surface area contributed by atoms with Crippen LogP contribution in [0.2, 0.25) is 0 Å². The van der Waals surface area contributed by atoms with Gasteiger partial charge in [0.1, 0.15) is 14.0 Å². The summed E-state index contributed by atoms with van der Waals surface area (Å²) in [5.41, 5.74) is -1.14. The highest BCUT2D eigenvalue weighted by atomic mass is 31.2. The molecule has 1 fully saturated rings. The van der Waals surface area contributed by atoms with Crippen LogP contribution in [-0.2, 0) is 13.8 Å². The zero-order valence-corrected chi connectivity index (χ0v) is 12.0. The van der Waals surface area contributed by atoms with Crippen LogP contribution < -0.4 is 0 Å². The summed E-state index contributed by atoms with van der Waals surface area (Å²) in [7, 11) is 1.27. The number of hydrogen-bond acceptors (Lipinski definition) is 6. The minimum absolute atomic E-state index is 0.0379. The van der Waals surface area contributed by atoms with E-state index in [2.05, 4.69) is 0 Å². The molecule has 9 heteroatoms. The molecule has 0 aromatic carbocycles. The zero-order chi connectivity index (χ0) is 15.0. The first-order chi connectivity index (χ1) is 8.46. The Kier molecular flexibility index (Phi) is 5.23. The molecule has 0 aromatic heterocycles. The molecule has 0 aliphatic carbocycles. The molecular weight excluding hydrogens is 274 g/mol. The summed E-state index contributed by atoms with van der Waals surface area (Å²) in [6, 6.07) is -1.01. The monoisotopic (exact) mass is 294 g/mol. The van der Waals surface area contributed by atoms with Crippen LogP contribution in [0.15, 0.2) is 0 Å². The van der Waals surface area contributed by atoms with E-state index in [9.17, 15) is 19.7 Å². The van der Waals surface area contributed by atoms with Gasteiger partial charge < -0.3 is 29.5 Å². The highest BCUT2D eigenvalue weighted by Crippen LogP contribution is 2.50. The van der Waals surface area contributed by atoms with E-state index >= 15 is 0 Å². The second kappa shape index (κ2) is 5.81. The lowest BCUT2D eigenvalue weighted by molar-refractivity contribution is -0.0310. The first-order valence-electron chi connectivity index (χ1n) is 5.95. The molecule has 1 rings (SSSR count). The smallest absolute Gasteiger partial charge is 0.356 e. The quantitative estimate of drug-likeness (QED) is 0.392. The summed E-state index contributed by atoms with van der Waals surface area (Å²) in [6.45, 7) is 4.19. The maximum atomic E-state index is 11.6. The Morgan fingerprint density at radius 2 is 1.95 bits per heavy atom. The molecule has 19 heavy (non-hydrogen) atoms. The van der Waals surface area contributed by atoms with Gasteiger partial charge in [0, 0.05) is 12.4 Å². The Morgan fingerprint density at radius 1 is 1.42 bits per heavy atom. The second-order valence-corrected chi connectivity index (χ2v) is 7.43. The van der Waals surface area contributed by atoms with Crippen LogP contribution in [0.5, 0.6) is 0 Å². The minimum Gasteiger partial charge on any atom is -0.388 e. The van der Waals surface area contributed by atoms with Gasteiger partial charge in [0.2, 0.25) is 0 Å². The number of rotatable bonds is 5. The molecule has 1 aliphatic heterocycles. The predicted molar refractivity (Wildman–Crippen MR) is 67.7 cm³/mol. The highest BCUT2D eigenvalue weighted by Gasteiger charge is 2.44. The summed E-state index contributed by atoms with van der Waals surface area (Å²) in [6.07, 6.45) is -3.18. The molecule has 0 amide bonds. The average Bonchev–Trinajstić information content (AvgIpc) is 2.43. The van der Waals surface area contributed by atoms with E-state index < -0.39 is 43.4 Å². The molecule has 2 radical (unpaired) electrons. The minimum atomic E-state index is -4.17. The van der Waals surface area contributed by atoms with E-state index in [0.29, 0.717) is 0 Å². The Hall–Kier alpha value is 0.0549. The van der Waals surface area contributed by atoms with Crippen molar-refractivity contribution in [1.82, 2.24) is 0 Å². The van der Waals surface area contributed by atoms with E-state index in [0.717, 1.165) is 6.92 Å². The largest absolute Gasteiger partial charge is 0.388 e. The molecule has 7 nitrogen and oxygen atoms in total. The van der Waals surface area contributed by atoms with E-state index in [1.165, 1.54) is 13.8 Å². The molecule has 1 saturated heterocycles. The fourth-order valence-electron chi connectivity index (χ4n) is 1.90. The molecule has 0 aromatic rings. The maximum absolute atomic E-state index is 11.6. The number of ether oxygens (including phenoxy) is 1. The van der Waals surface area contributed by atoms with Gasteiger partial charge in [-0.1, -0.05) is 0 Å². The summed E-state index contributed by atoms with van der Waals surface area (Å²) >= 11 is 0. The van der Waals surface area contributed by atoms with Gasteiger partial charge in [-0.2, -0.15) is 0 Å². The van der Waals surface area contributed by atoms with Gasteiger partial charge in [-0.3, -0.25) is 4.57 Å². The number of aliphatic hydroxyl groups excluding tert-OH is 3. The third kappa shape index (κ3) is 4.26. The predicted octanol–water partition coefficient (Wildman–Crippen LogP) is -0.689. The van der Waals surface area contributed by atoms with Gasteiger partial charge in [0.05, 0.1) is 17.8 Å². The van der Waals surface area contributed by atoms with Crippen molar-refractivity contribution >= 4 is 15.4 Å². The molecule has 0 saturated carbocycles. The van der Waals surface area contributed by atoms with Gasteiger partial charge in [0.15, 0.2) is 5.85 Å². The highest BCUT2D eigenvalue weighted by molar-refractivity contribution is 7.53. The van der Waals surface area contributed by atoms with Gasteiger partial charge in [-0.25, -0.2) is 0 Å². The van der Waals surface area contributed by atoms with Crippen LogP contribution in [0.3, 0.4) is 0 Å². The van der Waals surface area contributed by atoms with Gasteiger partial charge in [0.25, 0.3) is 0 Å². The van der Waals surface area contributed by atoms with Crippen molar-refractivity contribution in [3.8, 4) is 0 Å². The fraction of sp³-hybridized carbons (Fsp3) is 1.00. The van der Waals surface area contributed by atoms with E-state index in [1.807, 2.05) is 0 Å². The maximum Gasteiger partial charge on any atom is 0.356 e. The molecule has 1 aliphatic rings. The third-order valence-electron chi connectivity index (χ3n) is 2.94. The summed E-state index contributed by atoms with van der Waals surface area (Å²) < 4.78 is 21.8. The molecule has 6 atom stereocenters. The van der Waals surface area contributed by atoms with Crippen LogP contribution in [0.25, 0.3) is 0 Å². The van der Waals surface area contributed by atoms with Crippen LogP contribution in [0.4, 0.5) is 0 Å². The topological polar surface area (TPSA) is 116 Å². The van der Waals surface area contributed by atoms with Crippen molar-refractivity contribution in [3.05, 3.63) is 0 Å². The molecule has 0 bridgehead atoms. The lowest BCUT2D eigenvalue weighted by Gasteiger charge is -2.31. The molecule has 110 valence electrons. The van der Waals surface area contributed by atoms with E-state index in [-0.39, 0.29) is 6.42 Å². The molecular formula is C10H20BO7P. The van der Waals surface area contributed by atoms with Gasteiger partial charge in [-0.05, 0) is 20.8 Å². The molecule has 3 unspecified atom stereocenters. The van der Waals surface area contributed by atoms with Crippen LogP contribution in [0.1, 0.15) is 27.2 Å². The van der Waals surface area contributed by atoms with Crippen LogP contribution in [0, 0.1) is 0 Å². The van der Waals surface area contributed by atoms with Crippen LogP contribution in [-0.4, -0.2) is 63.8 Å². The Balaban J connectivity index is 2.68. The van der Waals surface area contributed by atoms with Crippen molar-refractivity contribution in [2.75, 3.05) is 0 Å².